The van der Waals surface area contributed by atoms with Crippen molar-refractivity contribution in [3.63, 3.8) is 0 Å². The van der Waals surface area contributed by atoms with E-state index in [2.05, 4.69) is 19.2 Å². The predicted octanol–water partition coefficient (Wildman–Crippen LogP) is 3.20. The fraction of sp³-hybridized carbons (Fsp3) is 0.364. The lowest BCUT2D eigenvalue weighted by molar-refractivity contribution is 0.0845. The molecule has 0 spiro atoms. The average molecular weight is 431 g/mol. The molecule has 1 heterocycles. The van der Waals surface area contributed by atoms with Gasteiger partial charge in [-0.2, -0.15) is 0 Å². The molecule has 2 amide bonds. The first-order valence-corrected chi connectivity index (χ1v) is 11.3. The summed E-state index contributed by atoms with van der Waals surface area (Å²) in [6.07, 6.45) is 0. The van der Waals surface area contributed by atoms with Crippen LogP contribution in [0.2, 0.25) is 0 Å². The van der Waals surface area contributed by atoms with Crippen molar-refractivity contribution in [2.24, 2.45) is 5.92 Å². The van der Waals surface area contributed by atoms with Gasteiger partial charge in [-0.15, -0.1) is 0 Å². The maximum absolute atomic E-state index is 12.7. The first-order valence-electron chi connectivity index (χ1n) is 9.84. The van der Waals surface area contributed by atoms with Crippen LogP contribution >= 0.6 is 0 Å². The van der Waals surface area contributed by atoms with E-state index in [9.17, 15) is 18.0 Å². The van der Waals surface area contributed by atoms with Crippen LogP contribution in [-0.2, 0) is 16.6 Å². The number of amides is 2. The molecule has 160 valence electrons. The van der Waals surface area contributed by atoms with E-state index in [1.807, 2.05) is 24.3 Å². The second kappa shape index (κ2) is 8.47. The number of benzene rings is 2. The molecule has 0 saturated carbocycles. The van der Waals surface area contributed by atoms with Gasteiger partial charge in [-0.3, -0.25) is 9.59 Å². The van der Waals surface area contributed by atoms with Crippen LogP contribution in [0.25, 0.3) is 0 Å². The molecule has 0 fully saturated rings. The number of rotatable bonds is 7. The molecular formula is C22H26N2O5S. The Kier molecular flexibility index (Phi) is 6.17. The lowest BCUT2D eigenvalue weighted by atomic mass is 10.1. The standard InChI is InChI=1S/C22H26N2O5S/c1-14(2)13-29-18-8-5-16(6-9-18)12-23-21(25)17-7-10-19-20(11-17)30(27,28)24(15(3)4)22(19)26/h5-11,14-15H,12-13H2,1-4H3,(H,23,25). The summed E-state index contributed by atoms with van der Waals surface area (Å²) in [6.45, 7) is 8.33. The fourth-order valence-electron chi connectivity index (χ4n) is 3.15. The van der Waals surface area contributed by atoms with Crippen molar-refractivity contribution in [3.8, 4) is 5.75 Å². The largest absolute Gasteiger partial charge is 0.493 e. The van der Waals surface area contributed by atoms with Gasteiger partial charge in [-0.05, 0) is 55.7 Å². The summed E-state index contributed by atoms with van der Waals surface area (Å²) in [5, 5.41) is 2.78. The number of hydrogen-bond acceptors (Lipinski definition) is 5. The highest BCUT2D eigenvalue weighted by Gasteiger charge is 2.42. The van der Waals surface area contributed by atoms with Gasteiger partial charge in [0.25, 0.3) is 21.8 Å². The summed E-state index contributed by atoms with van der Waals surface area (Å²) in [5.41, 5.74) is 1.17. The lowest BCUT2D eigenvalue weighted by Gasteiger charge is -2.18. The van der Waals surface area contributed by atoms with Crippen LogP contribution in [0.3, 0.4) is 0 Å². The Labute approximate surface area is 177 Å². The molecule has 8 heteroatoms. The Balaban J connectivity index is 1.69. The molecule has 1 aliphatic rings. The van der Waals surface area contributed by atoms with Gasteiger partial charge >= 0.3 is 0 Å². The van der Waals surface area contributed by atoms with Crippen molar-refractivity contribution in [1.82, 2.24) is 9.62 Å². The third kappa shape index (κ3) is 4.33. The highest BCUT2D eigenvalue weighted by atomic mass is 32.2. The van der Waals surface area contributed by atoms with Crippen LogP contribution < -0.4 is 10.1 Å². The minimum Gasteiger partial charge on any atom is -0.493 e. The molecule has 0 radical (unpaired) electrons. The number of hydrogen-bond donors (Lipinski definition) is 1. The Morgan fingerprint density at radius 2 is 1.73 bits per heavy atom. The zero-order valence-corrected chi connectivity index (χ0v) is 18.3. The van der Waals surface area contributed by atoms with E-state index < -0.39 is 27.9 Å². The molecule has 30 heavy (non-hydrogen) atoms. The number of nitrogens with zero attached hydrogens (tertiary/aromatic N) is 1. The van der Waals surface area contributed by atoms with Crippen molar-refractivity contribution in [2.75, 3.05) is 6.61 Å². The Bertz CT molecular complexity index is 1060. The zero-order chi connectivity index (χ0) is 22.1. The molecule has 1 aliphatic heterocycles. The van der Waals surface area contributed by atoms with E-state index in [-0.39, 0.29) is 22.6 Å². The highest BCUT2D eigenvalue weighted by Crippen LogP contribution is 2.32. The molecule has 0 aliphatic carbocycles. The van der Waals surface area contributed by atoms with E-state index in [0.717, 1.165) is 15.6 Å². The predicted molar refractivity (Wildman–Crippen MR) is 113 cm³/mol. The first-order chi connectivity index (χ1) is 14.1. The Morgan fingerprint density at radius 1 is 1.07 bits per heavy atom. The van der Waals surface area contributed by atoms with Gasteiger partial charge in [-0.1, -0.05) is 26.0 Å². The average Bonchev–Trinajstić information content (AvgIpc) is 2.90. The highest BCUT2D eigenvalue weighted by molar-refractivity contribution is 7.90. The van der Waals surface area contributed by atoms with Gasteiger partial charge in [0, 0.05) is 18.2 Å². The number of fused-ring (bicyclic) bond motifs is 1. The fourth-order valence-corrected chi connectivity index (χ4v) is 4.94. The minimum atomic E-state index is -3.94. The molecular weight excluding hydrogens is 404 g/mol. The van der Waals surface area contributed by atoms with Gasteiger partial charge < -0.3 is 10.1 Å². The summed E-state index contributed by atoms with van der Waals surface area (Å²) >= 11 is 0. The second-order valence-electron chi connectivity index (χ2n) is 7.94. The third-order valence-corrected chi connectivity index (χ3v) is 6.64. The van der Waals surface area contributed by atoms with Gasteiger partial charge in [0.1, 0.15) is 10.6 Å². The van der Waals surface area contributed by atoms with Gasteiger partial charge in [0.05, 0.1) is 12.2 Å². The first kappa shape index (κ1) is 21.8. The molecule has 2 aromatic carbocycles. The maximum Gasteiger partial charge on any atom is 0.269 e. The van der Waals surface area contributed by atoms with Crippen LogP contribution in [-0.4, -0.2) is 37.2 Å². The molecule has 3 rings (SSSR count). The van der Waals surface area contributed by atoms with Crippen molar-refractivity contribution in [1.29, 1.82) is 0 Å². The molecule has 0 saturated heterocycles. The quantitative estimate of drug-likeness (QED) is 0.728. The molecule has 0 atom stereocenters. The van der Waals surface area contributed by atoms with Crippen molar-refractivity contribution >= 4 is 21.8 Å². The third-order valence-electron chi connectivity index (χ3n) is 4.64. The zero-order valence-electron chi connectivity index (χ0n) is 17.5. The van der Waals surface area contributed by atoms with Crippen LogP contribution in [0, 0.1) is 5.92 Å². The van der Waals surface area contributed by atoms with Crippen molar-refractivity contribution in [3.05, 3.63) is 59.2 Å². The monoisotopic (exact) mass is 430 g/mol. The summed E-state index contributed by atoms with van der Waals surface area (Å²) in [6, 6.07) is 11.0. The van der Waals surface area contributed by atoms with E-state index >= 15 is 0 Å². The Hall–Kier alpha value is -2.87. The SMILES string of the molecule is CC(C)COc1ccc(CNC(=O)c2ccc3c(c2)S(=O)(=O)N(C(C)C)C3=O)cc1. The van der Waals surface area contributed by atoms with Crippen LogP contribution in [0.1, 0.15) is 54.0 Å². The number of sulfonamides is 1. The van der Waals surface area contributed by atoms with E-state index in [4.69, 9.17) is 4.74 Å². The molecule has 0 unspecified atom stereocenters. The van der Waals surface area contributed by atoms with Gasteiger partial charge in [0.2, 0.25) is 0 Å². The number of carbonyl (C=O) groups is 2. The molecule has 2 aromatic rings. The molecule has 0 aromatic heterocycles. The molecule has 0 bridgehead atoms. The summed E-state index contributed by atoms with van der Waals surface area (Å²) in [4.78, 5) is 24.8. The number of nitrogens with one attached hydrogen (secondary N) is 1. The van der Waals surface area contributed by atoms with Gasteiger partial charge in [0.15, 0.2) is 0 Å². The summed E-state index contributed by atoms with van der Waals surface area (Å²) in [5.74, 6) is 0.223. The smallest absolute Gasteiger partial charge is 0.269 e. The summed E-state index contributed by atoms with van der Waals surface area (Å²) < 4.78 is 31.8. The van der Waals surface area contributed by atoms with E-state index in [1.54, 1.807) is 13.8 Å². The summed E-state index contributed by atoms with van der Waals surface area (Å²) in [7, 11) is -3.94. The number of carbonyl (C=O) groups excluding carboxylic acids is 2. The van der Waals surface area contributed by atoms with Crippen LogP contribution in [0.4, 0.5) is 0 Å². The lowest BCUT2D eigenvalue weighted by Crippen LogP contribution is -2.36. The van der Waals surface area contributed by atoms with Crippen molar-refractivity contribution in [2.45, 2.75) is 45.2 Å². The normalized spacial score (nSPS) is 14.9. The maximum atomic E-state index is 12.7. The second-order valence-corrected chi connectivity index (χ2v) is 9.73. The van der Waals surface area contributed by atoms with E-state index in [1.165, 1.54) is 18.2 Å². The Morgan fingerprint density at radius 3 is 2.33 bits per heavy atom. The topological polar surface area (TPSA) is 92.8 Å². The molecule has 1 N–H and O–H groups in total. The van der Waals surface area contributed by atoms with Crippen molar-refractivity contribution < 1.29 is 22.7 Å². The van der Waals surface area contributed by atoms with Crippen LogP contribution in [0.15, 0.2) is 47.4 Å². The van der Waals surface area contributed by atoms with Crippen LogP contribution in [0.5, 0.6) is 5.75 Å². The minimum absolute atomic E-state index is 0.0947. The molecule has 7 nitrogen and oxygen atoms in total. The number of ether oxygens (including phenoxy) is 1. The van der Waals surface area contributed by atoms with E-state index in [0.29, 0.717) is 12.5 Å². The van der Waals surface area contributed by atoms with Gasteiger partial charge in [-0.25, -0.2) is 12.7 Å².